The summed E-state index contributed by atoms with van der Waals surface area (Å²) < 4.78 is 11.1. The van der Waals surface area contributed by atoms with E-state index in [0.717, 1.165) is 5.56 Å². The highest BCUT2D eigenvalue weighted by molar-refractivity contribution is 6.07. The zero-order valence-corrected chi connectivity index (χ0v) is 19.4. The average Bonchev–Trinajstić information content (AvgIpc) is 2.83. The minimum atomic E-state index is -1.63. The van der Waals surface area contributed by atoms with E-state index in [-0.39, 0.29) is 41.7 Å². The van der Waals surface area contributed by atoms with E-state index in [4.69, 9.17) is 15.2 Å². The van der Waals surface area contributed by atoms with Gasteiger partial charge < -0.3 is 35.7 Å². The topological polar surface area (TPSA) is 181 Å². The number of aromatic amines is 1. The third-order valence-corrected chi connectivity index (χ3v) is 5.14. The lowest BCUT2D eigenvalue weighted by Crippen LogP contribution is -2.30. The first kappa shape index (κ1) is 25.8. The Bertz CT molecular complexity index is 1340. The Labute approximate surface area is 205 Å². The van der Waals surface area contributed by atoms with Crippen LogP contribution in [0, 0.1) is 0 Å². The van der Waals surface area contributed by atoms with Crippen LogP contribution in [0.25, 0.3) is 11.1 Å². The molecule has 2 aromatic carbocycles. The molecular weight excluding hydrogens is 470 g/mol. The summed E-state index contributed by atoms with van der Waals surface area (Å²) in [6.45, 7) is 2.00. The fourth-order valence-electron chi connectivity index (χ4n) is 3.57. The van der Waals surface area contributed by atoms with Crippen molar-refractivity contribution in [3.05, 3.63) is 75.6 Å². The summed E-state index contributed by atoms with van der Waals surface area (Å²) in [5.74, 6) is -3.70. The molecule has 11 nitrogen and oxygen atoms in total. The van der Waals surface area contributed by atoms with Crippen LogP contribution in [-0.2, 0) is 11.2 Å². The molecule has 0 aliphatic carbocycles. The van der Waals surface area contributed by atoms with E-state index in [2.05, 4.69) is 10.3 Å². The molecule has 0 spiro atoms. The van der Waals surface area contributed by atoms with Gasteiger partial charge in [0.1, 0.15) is 16.9 Å². The monoisotopic (exact) mass is 495 g/mol. The second-order valence-electron chi connectivity index (χ2n) is 7.57. The summed E-state index contributed by atoms with van der Waals surface area (Å²) in [6, 6.07) is 13.7. The molecule has 0 bridgehead atoms. The number of rotatable bonds is 11. The van der Waals surface area contributed by atoms with Crippen molar-refractivity contribution in [3.63, 3.8) is 0 Å². The van der Waals surface area contributed by atoms with Crippen molar-refractivity contribution in [3.8, 4) is 22.6 Å². The van der Waals surface area contributed by atoms with Crippen molar-refractivity contribution in [1.82, 2.24) is 10.3 Å². The van der Waals surface area contributed by atoms with E-state index in [9.17, 15) is 29.4 Å². The van der Waals surface area contributed by atoms with Crippen molar-refractivity contribution in [2.45, 2.75) is 13.3 Å². The SMILES string of the molecule is CCOc1cc(-c2c(C(=O)O)c(N)[nH]c(=O)c2C(=O)O)ccc1OCC(=O)NCCc1ccccc1. The maximum Gasteiger partial charge on any atom is 0.342 e. The number of carboxylic acids is 2. The average molecular weight is 495 g/mol. The standard InChI is InChI=1S/C25H25N3O8/c1-2-35-17-12-15(19-20(24(31)32)22(26)28-23(30)21(19)25(33)34)8-9-16(17)36-13-18(29)27-11-10-14-6-4-3-5-7-14/h3-9,12H,2,10-11,13H2,1H3,(H,27,29)(H,31,32)(H,33,34)(H3,26,28,30). The molecule has 1 heterocycles. The third-order valence-electron chi connectivity index (χ3n) is 5.14. The maximum absolute atomic E-state index is 12.3. The van der Waals surface area contributed by atoms with Crippen molar-refractivity contribution >= 4 is 23.7 Å². The zero-order valence-electron chi connectivity index (χ0n) is 19.4. The summed E-state index contributed by atoms with van der Waals surface area (Å²) in [5, 5.41) is 21.9. The van der Waals surface area contributed by atoms with Gasteiger partial charge in [0.05, 0.1) is 6.61 Å². The molecule has 0 unspecified atom stereocenters. The summed E-state index contributed by atoms with van der Waals surface area (Å²) in [7, 11) is 0. The van der Waals surface area contributed by atoms with Crippen molar-refractivity contribution in [2.24, 2.45) is 0 Å². The van der Waals surface area contributed by atoms with Gasteiger partial charge in [-0.05, 0) is 36.6 Å². The number of hydrogen-bond donors (Lipinski definition) is 5. The number of nitrogens with two attached hydrogens (primary N) is 1. The normalized spacial score (nSPS) is 10.5. The Balaban J connectivity index is 1.85. The van der Waals surface area contributed by atoms with Crippen LogP contribution in [0.1, 0.15) is 33.2 Å². The van der Waals surface area contributed by atoms with Crippen LogP contribution in [0.15, 0.2) is 53.3 Å². The molecule has 0 atom stereocenters. The minimum Gasteiger partial charge on any atom is -0.490 e. The Kier molecular flexibility index (Phi) is 8.29. The van der Waals surface area contributed by atoms with Gasteiger partial charge in [0.15, 0.2) is 18.1 Å². The largest absolute Gasteiger partial charge is 0.490 e. The fraction of sp³-hybridized carbons (Fsp3) is 0.200. The number of carboxylic acid groups (broad SMARTS) is 2. The van der Waals surface area contributed by atoms with Crippen LogP contribution >= 0.6 is 0 Å². The smallest absolute Gasteiger partial charge is 0.342 e. The number of benzene rings is 2. The van der Waals surface area contributed by atoms with Gasteiger partial charge in [-0.3, -0.25) is 9.59 Å². The molecule has 0 saturated heterocycles. The first-order valence-corrected chi connectivity index (χ1v) is 11.0. The summed E-state index contributed by atoms with van der Waals surface area (Å²) in [4.78, 5) is 50.2. The number of carbonyl (C=O) groups excluding carboxylic acids is 1. The molecule has 188 valence electrons. The van der Waals surface area contributed by atoms with Gasteiger partial charge in [-0.1, -0.05) is 36.4 Å². The maximum atomic E-state index is 12.3. The van der Waals surface area contributed by atoms with Crippen molar-refractivity contribution in [2.75, 3.05) is 25.5 Å². The molecule has 0 fully saturated rings. The second kappa shape index (κ2) is 11.6. The Morgan fingerprint density at radius 2 is 1.67 bits per heavy atom. The van der Waals surface area contributed by atoms with E-state index in [1.165, 1.54) is 18.2 Å². The van der Waals surface area contributed by atoms with Gasteiger partial charge in [0.25, 0.3) is 11.5 Å². The van der Waals surface area contributed by atoms with Crippen LogP contribution in [0.4, 0.5) is 5.82 Å². The number of nitrogens with one attached hydrogen (secondary N) is 2. The highest BCUT2D eigenvalue weighted by Crippen LogP contribution is 2.36. The molecule has 36 heavy (non-hydrogen) atoms. The van der Waals surface area contributed by atoms with E-state index in [1.807, 2.05) is 30.3 Å². The number of nitrogen functional groups attached to an aromatic ring is 1. The van der Waals surface area contributed by atoms with Crippen molar-refractivity contribution in [1.29, 1.82) is 0 Å². The minimum absolute atomic E-state index is 0.0608. The quantitative estimate of drug-likeness (QED) is 0.266. The first-order chi connectivity index (χ1) is 17.2. The molecule has 0 saturated carbocycles. The van der Waals surface area contributed by atoms with Gasteiger partial charge in [0.2, 0.25) is 0 Å². The van der Waals surface area contributed by atoms with E-state index < -0.39 is 34.4 Å². The molecule has 3 rings (SSSR count). The molecular formula is C25H25N3O8. The lowest BCUT2D eigenvalue weighted by atomic mass is 9.95. The van der Waals surface area contributed by atoms with Gasteiger partial charge >= 0.3 is 11.9 Å². The number of pyridine rings is 1. The number of ether oxygens (including phenoxy) is 2. The highest BCUT2D eigenvalue weighted by Gasteiger charge is 2.27. The van der Waals surface area contributed by atoms with Crippen LogP contribution in [0.3, 0.4) is 0 Å². The molecule has 1 amide bonds. The van der Waals surface area contributed by atoms with Gasteiger partial charge in [-0.25, -0.2) is 9.59 Å². The molecule has 0 radical (unpaired) electrons. The number of aromatic carboxylic acids is 2. The zero-order chi connectivity index (χ0) is 26.2. The molecule has 1 aromatic heterocycles. The van der Waals surface area contributed by atoms with Gasteiger partial charge in [-0.15, -0.1) is 0 Å². The third kappa shape index (κ3) is 6.00. The van der Waals surface area contributed by atoms with E-state index in [1.54, 1.807) is 6.92 Å². The molecule has 6 N–H and O–H groups in total. The number of hydrogen-bond acceptors (Lipinski definition) is 7. The second-order valence-corrected chi connectivity index (χ2v) is 7.57. The molecule has 3 aromatic rings. The van der Waals surface area contributed by atoms with Gasteiger partial charge in [-0.2, -0.15) is 0 Å². The number of carbonyl (C=O) groups is 3. The van der Waals surface area contributed by atoms with E-state index >= 15 is 0 Å². The molecule has 0 aliphatic heterocycles. The number of aromatic nitrogens is 1. The Morgan fingerprint density at radius 3 is 2.31 bits per heavy atom. The fourth-order valence-corrected chi connectivity index (χ4v) is 3.57. The lowest BCUT2D eigenvalue weighted by molar-refractivity contribution is -0.123. The Hall–Kier alpha value is -4.80. The number of amides is 1. The lowest BCUT2D eigenvalue weighted by Gasteiger charge is -2.16. The van der Waals surface area contributed by atoms with Crippen molar-refractivity contribution < 1.29 is 34.1 Å². The van der Waals surface area contributed by atoms with Crippen LogP contribution < -0.4 is 26.1 Å². The Morgan fingerprint density at radius 1 is 0.972 bits per heavy atom. The predicted octanol–water partition coefficient (Wildman–Crippen LogP) is 2.16. The first-order valence-electron chi connectivity index (χ1n) is 11.0. The predicted molar refractivity (Wildman–Crippen MR) is 131 cm³/mol. The number of anilines is 1. The molecule has 0 aliphatic rings. The van der Waals surface area contributed by atoms with E-state index in [0.29, 0.717) is 13.0 Å². The summed E-state index contributed by atoms with van der Waals surface area (Å²) in [6.07, 6.45) is 0.655. The van der Waals surface area contributed by atoms with Crippen LogP contribution in [0.5, 0.6) is 11.5 Å². The number of H-pyrrole nitrogens is 1. The summed E-state index contributed by atoms with van der Waals surface area (Å²) in [5.41, 5.74) is 4.05. The highest BCUT2D eigenvalue weighted by atomic mass is 16.5. The van der Waals surface area contributed by atoms with Crippen LogP contribution in [0.2, 0.25) is 0 Å². The van der Waals surface area contributed by atoms with Crippen LogP contribution in [-0.4, -0.2) is 52.8 Å². The molecule has 11 heteroatoms. The van der Waals surface area contributed by atoms with Gasteiger partial charge in [0, 0.05) is 12.1 Å². The summed E-state index contributed by atoms with van der Waals surface area (Å²) >= 11 is 0.